The lowest BCUT2D eigenvalue weighted by Crippen LogP contribution is -2.15. The van der Waals surface area contributed by atoms with Gasteiger partial charge in [-0.3, -0.25) is 4.79 Å². The summed E-state index contributed by atoms with van der Waals surface area (Å²) in [6, 6.07) is 9.47. The lowest BCUT2D eigenvalue weighted by molar-refractivity contribution is -0.115. The maximum Gasteiger partial charge on any atom is 0.228 e. The molecule has 2 aromatic rings. The lowest BCUT2D eigenvalue weighted by atomic mass is 10.1. The van der Waals surface area contributed by atoms with Gasteiger partial charge in [-0.1, -0.05) is 19.1 Å². The summed E-state index contributed by atoms with van der Waals surface area (Å²) in [6.07, 6.45) is 0.944. The first-order valence-electron chi connectivity index (χ1n) is 7.99. The van der Waals surface area contributed by atoms with Crippen molar-refractivity contribution in [2.75, 3.05) is 17.7 Å². The maximum atomic E-state index is 12.3. The summed E-state index contributed by atoms with van der Waals surface area (Å²) in [5.74, 6) is 0.285. The minimum absolute atomic E-state index is 0.0532. The number of phenols is 1. The zero-order valence-electron chi connectivity index (χ0n) is 13.8. The third-order valence-electron chi connectivity index (χ3n) is 4.10. The van der Waals surface area contributed by atoms with E-state index in [1.807, 2.05) is 18.2 Å². The fourth-order valence-corrected chi connectivity index (χ4v) is 3.61. The number of aromatic hydroxyl groups is 1. The van der Waals surface area contributed by atoms with E-state index in [9.17, 15) is 18.3 Å². The molecule has 1 heterocycles. The molecule has 0 aromatic heterocycles. The Morgan fingerprint density at radius 2 is 2.04 bits per heavy atom. The molecule has 6 nitrogen and oxygen atoms in total. The van der Waals surface area contributed by atoms with Gasteiger partial charge in [0.2, 0.25) is 5.91 Å². The Hall–Kier alpha value is -2.54. The highest BCUT2D eigenvalue weighted by atomic mass is 32.2. The van der Waals surface area contributed by atoms with Gasteiger partial charge in [0, 0.05) is 6.42 Å². The fraction of sp³-hybridized carbons (Fsp3) is 0.278. The molecular formula is C18H19NO5S. The van der Waals surface area contributed by atoms with Crippen molar-refractivity contribution < 1.29 is 23.1 Å². The van der Waals surface area contributed by atoms with Crippen molar-refractivity contribution in [3.8, 4) is 11.5 Å². The molecule has 0 spiro atoms. The van der Waals surface area contributed by atoms with E-state index in [4.69, 9.17) is 4.74 Å². The Bertz CT molecular complexity index is 921. The topological polar surface area (TPSA) is 92.7 Å². The van der Waals surface area contributed by atoms with Gasteiger partial charge < -0.3 is 15.2 Å². The van der Waals surface area contributed by atoms with Crippen LogP contribution in [0.15, 0.2) is 41.3 Å². The molecule has 0 saturated heterocycles. The quantitative estimate of drug-likeness (QED) is 0.797. The van der Waals surface area contributed by atoms with Gasteiger partial charge in [-0.15, -0.1) is 0 Å². The number of phenolic OH excluding ortho intramolecular Hbond substituents is 1. The molecular weight excluding hydrogens is 342 g/mol. The highest BCUT2D eigenvalue weighted by Crippen LogP contribution is 2.28. The Labute approximate surface area is 146 Å². The molecule has 2 N–H and O–H groups in total. The van der Waals surface area contributed by atoms with Crippen molar-refractivity contribution in [2.24, 2.45) is 0 Å². The number of fused-ring (bicyclic) bond motifs is 1. The highest BCUT2D eigenvalue weighted by molar-refractivity contribution is 7.91. The predicted octanol–water partition coefficient (Wildman–Crippen LogP) is 2.30. The monoisotopic (exact) mass is 361 g/mol. The largest absolute Gasteiger partial charge is 0.506 e. The summed E-state index contributed by atoms with van der Waals surface area (Å²) < 4.78 is 29.3. The van der Waals surface area contributed by atoms with Crippen LogP contribution in [0, 0.1) is 0 Å². The molecule has 0 radical (unpaired) electrons. The third kappa shape index (κ3) is 3.76. The van der Waals surface area contributed by atoms with E-state index in [0.717, 1.165) is 23.3 Å². The van der Waals surface area contributed by atoms with E-state index in [0.29, 0.717) is 6.61 Å². The number of hydrogen-bond acceptors (Lipinski definition) is 5. The Morgan fingerprint density at radius 3 is 2.80 bits per heavy atom. The number of carbonyl (C=O) groups excluding carboxylic acids is 1. The van der Waals surface area contributed by atoms with E-state index in [-0.39, 0.29) is 34.4 Å². The molecule has 132 valence electrons. The van der Waals surface area contributed by atoms with Gasteiger partial charge in [0.25, 0.3) is 0 Å². The van der Waals surface area contributed by atoms with E-state index in [1.165, 1.54) is 25.1 Å². The fourth-order valence-electron chi connectivity index (χ4n) is 2.71. The minimum atomic E-state index is -3.42. The van der Waals surface area contributed by atoms with Crippen LogP contribution >= 0.6 is 0 Å². The van der Waals surface area contributed by atoms with Gasteiger partial charge >= 0.3 is 0 Å². The second-order valence-corrected chi connectivity index (χ2v) is 8.13. The van der Waals surface area contributed by atoms with Gasteiger partial charge in [0.05, 0.1) is 29.4 Å². The second-order valence-electron chi connectivity index (χ2n) is 5.85. The number of sulfone groups is 1. The molecule has 0 aliphatic carbocycles. The normalized spacial score (nSPS) is 13.2. The molecule has 7 heteroatoms. The van der Waals surface area contributed by atoms with Gasteiger partial charge in [-0.2, -0.15) is 0 Å². The Balaban J connectivity index is 1.76. The molecule has 2 aromatic carbocycles. The number of carbonyl (C=O) groups is 1. The smallest absolute Gasteiger partial charge is 0.228 e. The van der Waals surface area contributed by atoms with Gasteiger partial charge in [-0.05, 0) is 35.4 Å². The summed E-state index contributed by atoms with van der Waals surface area (Å²) in [4.78, 5) is 12.3. The van der Waals surface area contributed by atoms with Crippen LogP contribution in [-0.4, -0.2) is 31.8 Å². The summed E-state index contributed by atoms with van der Waals surface area (Å²) in [5, 5.41) is 12.5. The average molecular weight is 361 g/mol. The van der Waals surface area contributed by atoms with Crippen molar-refractivity contribution >= 4 is 21.4 Å². The van der Waals surface area contributed by atoms with Crippen molar-refractivity contribution in [3.63, 3.8) is 0 Å². The molecule has 25 heavy (non-hydrogen) atoms. The van der Waals surface area contributed by atoms with Crippen molar-refractivity contribution in [1.29, 1.82) is 0 Å². The number of hydrogen-bond donors (Lipinski definition) is 2. The van der Waals surface area contributed by atoms with Crippen LogP contribution < -0.4 is 10.1 Å². The van der Waals surface area contributed by atoms with Crippen molar-refractivity contribution in [2.45, 2.75) is 24.7 Å². The molecule has 0 fully saturated rings. The second kappa shape index (κ2) is 6.76. The van der Waals surface area contributed by atoms with Crippen molar-refractivity contribution in [3.05, 3.63) is 47.5 Å². The van der Waals surface area contributed by atoms with E-state index in [2.05, 4.69) is 5.32 Å². The van der Waals surface area contributed by atoms with Crippen LogP contribution in [0.3, 0.4) is 0 Å². The molecule has 0 unspecified atom stereocenters. The zero-order chi connectivity index (χ0) is 18.0. The predicted molar refractivity (Wildman–Crippen MR) is 93.8 cm³/mol. The van der Waals surface area contributed by atoms with Gasteiger partial charge in [-0.25, -0.2) is 8.42 Å². The number of nitrogens with one attached hydrogen (secondary N) is 1. The van der Waals surface area contributed by atoms with Crippen LogP contribution in [0.1, 0.15) is 18.1 Å². The summed E-state index contributed by atoms with van der Waals surface area (Å²) in [7, 11) is -3.42. The Kier molecular flexibility index (Phi) is 4.67. The SMILES string of the molecule is CCS(=O)(=O)c1ccc(O)c(NC(=O)Cc2ccc3c(c2)CCO3)c1. The minimum Gasteiger partial charge on any atom is -0.506 e. The van der Waals surface area contributed by atoms with E-state index in [1.54, 1.807) is 0 Å². The summed E-state index contributed by atoms with van der Waals surface area (Å²) >= 11 is 0. The standard InChI is InChI=1S/C18H19NO5S/c1-2-25(22,23)14-4-5-16(20)15(11-14)19-18(21)10-12-3-6-17-13(9-12)7-8-24-17/h3-6,9,11,20H,2,7-8,10H2,1H3,(H,19,21). The van der Waals surface area contributed by atoms with E-state index >= 15 is 0 Å². The molecule has 1 amide bonds. The molecule has 1 aliphatic rings. The molecule has 1 aliphatic heterocycles. The molecule has 0 atom stereocenters. The average Bonchev–Trinajstić information content (AvgIpc) is 3.04. The Morgan fingerprint density at radius 1 is 1.24 bits per heavy atom. The number of ether oxygens (including phenoxy) is 1. The third-order valence-corrected chi connectivity index (χ3v) is 5.83. The van der Waals surface area contributed by atoms with Gasteiger partial charge in [0.15, 0.2) is 9.84 Å². The lowest BCUT2D eigenvalue weighted by Gasteiger charge is -2.10. The highest BCUT2D eigenvalue weighted by Gasteiger charge is 2.16. The van der Waals surface area contributed by atoms with Crippen LogP contribution in [-0.2, 0) is 27.5 Å². The maximum absolute atomic E-state index is 12.3. The first-order chi connectivity index (χ1) is 11.9. The van der Waals surface area contributed by atoms with Crippen LogP contribution in [0.5, 0.6) is 11.5 Å². The van der Waals surface area contributed by atoms with Crippen molar-refractivity contribution in [1.82, 2.24) is 0 Å². The van der Waals surface area contributed by atoms with Crippen LogP contribution in [0.4, 0.5) is 5.69 Å². The number of anilines is 1. The number of amides is 1. The number of rotatable bonds is 5. The zero-order valence-corrected chi connectivity index (χ0v) is 14.6. The first-order valence-corrected chi connectivity index (χ1v) is 9.64. The summed E-state index contributed by atoms with van der Waals surface area (Å²) in [5.41, 5.74) is 1.99. The van der Waals surface area contributed by atoms with Crippen LogP contribution in [0.25, 0.3) is 0 Å². The number of benzene rings is 2. The molecule has 0 saturated carbocycles. The molecule has 3 rings (SSSR count). The molecule has 0 bridgehead atoms. The van der Waals surface area contributed by atoms with Crippen LogP contribution in [0.2, 0.25) is 0 Å². The van der Waals surface area contributed by atoms with Gasteiger partial charge in [0.1, 0.15) is 11.5 Å². The van der Waals surface area contributed by atoms with E-state index < -0.39 is 9.84 Å². The summed E-state index contributed by atoms with van der Waals surface area (Å²) in [6.45, 7) is 2.19. The first kappa shape index (κ1) is 17.3.